The summed E-state index contributed by atoms with van der Waals surface area (Å²) in [5.74, 6) is 1.91. The van der Waals surface area contributed by atoms with E-state index in [4.69, 9.17) is 9.72 Å². The van der Waals surface area contributed by atoms with Gasteiger partial charge in [-0.25, -0.2) is 4.98 Å². The molecule has 1 N–H and O–H groups in total. The molecule has 1 aliphatic heterocycles. The molecular formula is C22H32N4O2. The first kappa shape index (κ1) is 20.6. The van der Waals surface area contributed by atoms with Gasteiger partial charge in [-0.2, -0.15) is 0 Å². The zero-order chi connectivity index (χ0) is 20.3. The van der Waals surface area contributed by atoms with E-state index >= 15 is 0 Å². The molecule has 1 fully saturated rings. The summed E-state index contributed by atoms with van der Waals surface area (Å²) in [4.78, 5) is 14.0. The highest BCUT2D eigenvalue weighted by atomic mass is 16.5. The average Bonchev–Trinajstić information content (AvgIpc) is 2.69. The first-order chi connectivity index (χ1) is 13.4. The third kappa shape index (κ3) is 4.28. The van der Waals surface area contributed by atoms with E-state index in [1.807, 2.05) is 20.0 Å². The van der Waals surface area contributed by atoms with Crippen molar-refractivity contribution in [1.82, 2.24) is 14.9 Å². The standard InChI is InChI=1S/C22H32N4O2/c1-15-12-23-18(4)22(24-15)26-10-9-25(20(14-26)8-11-27)13-19-6-7-21(28-5)17(3)16(19)2/h6-7,12,20,27H,8-11,13-14H2,1-5H3/t20-/m1/s1. The summed E-state index contributed by atoms with van der Waals surface area (Å²) in [6, 6.07) is 4.50. The van der Waals surface area contributed by atoms with Gasteiger partial charge < -0.3 is 14.7 Å². The second-order valence-electron chi connectivity index (χ2n) is 7.68. The number of aliphatic hydroxyl groups is 1. The Kier molecular flexibility index (Phi) is 6.52. The highest BCUT2D eigenvalue weighted by molar-refractivity contribution is 5.45. The van der Waals surface area contributed by atoms with Crippen LogP contribution in [0.3, 0.4) is 0 Å². The maximum Gasteiger partial charge on any atom is 0.150 e. The van der Waals surface area contributed by atoms with E-state index in [1.165, 1.54) is 16.7 Å². The van der Waals surface area contributed by atoms with Crippen LogP contribution >= 0.6 is 0 Å². The van der Waals surface area contributed by atoms with Gasteiger partial charge in [-0.05, 0) is 56.9 Å². The maximum absolute atomic E-state index is 9.64. The summed E-state index contributed by atoms with van der Waals surface area (Å²) in [7, 11) is 1.72. The van der Waals surface area contributed by atoms with Crippen molar-refractivity contribution in [3.63, 3.8) is 0 Å². The van der Waals surface area contributed by atoms with Gasteiger partial charge >= 0.3 is 0 Å². The number of anilines is 1. The number of aliphatic hydroxyl groups excluding tert-OH is 1. The molecule has 3 rings (SSSR count). The molecule has 0 spiro atoms. The molecule has 0 bridgehead atoms. The largest absolute Gasteiger partial charge is 0.496 e. The molecule has 1 aliphatic rings. The quantitative estimate of drug-likeness (QED) is 0.826. The lowest BCUT2D eigenvalue weighted by Gasteiger charge is -2.42. The number of hydrogen-bond donors (Lipinski definition) is 1. The second-order valence-corrected chi connectivity index (χ2v) is 7.68. The van der Waals surface area contributed by atoms with Crippen LogP contribution < -0.4 is 9.64 Å². The summed E-state index contributed by atoms with van der Waals surface area (Å²) >= 11 is 0. The average molecular weight is 385 g/mol. The Morgan fingerprint density at radius 1 is 1.14 bits per heavy atom. The van der Waals surface area contributed by atoms with Crippen molar-refractivity contribution < 1.29 is 9.84 Å². The van der Waals surface area contributed by atoms with Crippen molar-refractivity contribution >= 4 is 5.82 Å². The Labute approximate surface area is 168 Å². The monoisotopic (exact) mass is 384 g/mol. The first-order valence-corrected chi connectivity index (χ1v) is 9.97. The summed E-state index contributed by atoms with van der Waals surface area (Å²) in [6.07, 6.45) is 2.57. The van der Waals surface area contributed by atoms with E-state index < -0.39 is 0 Å². The Hall–Kier alpha value is -2.18. The molecule has 2 aromatic rings. The molecule has 6 heteroatoms. The summed E-state index contributed by atoms with van der Waals surface area (Å²) in [6.45, 7) is 12.0. The van der Waals surface area contributed by atoms with E-state index in [1.54, 1.807) is 7.11 Å². The molecule has 152 valence electrons. The number of hydrogen-bond acceptors (Lipinski definition) is 6. The minimum Gasteiger partial charge on any atom is -0.496 e. The van der Waals surface area contributed by atoms with Gasteiger partial charge in [0.05, 0.1) is 18.5 Å². The van der Waals surface area contributed by atoms with Gasteiger partial charge in [-0.1, -0.05) is 6.07 Å². The van der Waals surface area contributed by atoms with Gasteiger partial charge in [0, 0.05) is 45.0 Å². The van der Waals surface area contributed by atoms with Gasteiger partial charge in [0.25, 0.3) is 0 Å². The number of aryl methyl sites for hydroxylation is 2. The molecule has 0 radical (unpaired) electrons. The second kappa shape index (κ2) is 8.88. The zero-order valence-corrected chi connectivity index (χ0v) is 17.7. The smallest absolute Gasteiger partial charge is 0.150 e. The van der Waals surface area contributed by atoms with E-state index in [0.29, 0.717) is 0 Å². The third-order valence-corrected chi connectivity index (χ3v) is 5.86. The number of benzene rings is 1. The minimum atomic E-state index is 0.189. The highest BCUT2D eigenvalue weighted by Gasteiger charge is 2.29. The molecule has 0 unspecified atom stereocenters. The molecule has 0 aliphatic carbocycles. The minimum absolute atomic E-state index is 0.189. The normalized spacial score (nSPS) is 17.8. The van der Waals surface area contributed by atoms with Crippen LogP contribution in [0.5, 0.6) is 5.75 Å². The lowest BCUT2D eigenvalue weighted by atomic mass is 10.00. The van der Waals surface area contributed by atoms with Gasteiger partial charge in [-0.3, -0.25) is 9.88 Å². The van der Waals surface area contributed by atoms with Crippen LogP contribution in [0.15, 0.2) is 18.3 Å². The third-order valence-electron chi connectivity index (χ3n) is 5.86. The number of methoxy groups -OCH3 is 1. The fourth-order valence-corrected chi connectivity index (χ4v) is 4.00. The van der Waals surface area contributed by atoms with Crippen molar-refractivity contribution in [2.24, 2.45) is 0 Å². The van der Waals surface area contributed by atoms with E-state index in [0.717, 1.165) is 55.6 Å². The predicted molar refractivity (Wildman–Crippen MR) is 112 cm³/mol. The molecule has 6 nitrogen and oxygen atoms in total. The summed E-state index contributed by atoms with van der Waals surface area (Å²) < 4.78 is 5.45. The van der Waals surface area contributed by atoms with Crippen molar-refractivity contribution in [1.29, 1.82) is 0 Å². The lowest BCUT2D eigenvalue weighted by molar-refractivity contribution is 0.135. The Morgan fingerprint density at radius 2 is 1.93 bits per heavy atom. The Bertz CT molecular complexity index is 824. The van der Waals surface area contributed by atoms with Crippen LogP contribution in [-0.4, -0.2) is 59.4 Å². The maximum atomic E-state index is 9.64. The van der Waals surface area contributed by atoms with Gasteiger partial charge in [0.2, 0.25) is 0 Å². The molecule has 1 saturated heterocycles. The van der Waals surface area contributed by atoms with Crippen LogP contribution in [0.25, 0.3) is 0 Å². The molecule has 1 atom stereocenters. The zero-order valence-electron chi connectivity index (χ0n) is 17.7. The number of rotatable bonds is 6. The van der Waals surface area contributed by atoms with Crippen LogP contribution in [0.4, 0.5) is 5.82 Å². The molecule has 0 saturated carbocycles. The molecule has 2 heterocycles. The lowest BCUT2D eigenvalue weighted by Crippen LogP contribution is -2.53. The molecule has 1 aromatic carbocycles. The summed E-state index contributed by atoms with van der Waals surface area (Å²) in [5.41, 5.74) is 5.70. The first-order valence-electron chi connectivity index (χ1n) is 9.97. The fraction of sp³-hybridized carbons (Fsp3) is 0.545. The topological polar surface area (TPSA) is 61.7 Å². The van der Waals surface area contributed by atoms with Gasteiger partial charge in [0.1, 0.15) is 11.6 Å². The highest BCUT2D eigenvalue weighted by Crippen LogP contribution is 2.27. The van der Waals surface area contributed by atoms with Gasteiger partial charge in [0.15, 0.2) is 0 Å². The molecule has 28 heavy (non-hydrogen) atoms. The Balaban J connectivity index is 1.78. The molecule has 1 aromatic heterocycles. The van der Waals surface area contributed by atoms with Crippen LogP contribution in [0, 0.1) is 27.7 Å². The number of aromatic nitrogens is 2. The Morgan fingerprint density at radius 3 is 2.64 bits per heavy atom. The van der Waals surface area contributed by atoms with Crippen molar-refractivity contribution in [2.75, 3.05) is 38.3 Å². The summed E-state index contributed by atoms with van der Waals surface area (Å²) in [5, 5.41) is 9.64. The van der Waals surface area contributed by atoms with E-state index in [9.17, 15) is 5.11 Å². The number of nitrogens with zero attached hydrogens (tertiary/aromatic N) is 4. The van der Waals surface area contributed by atoms with E-state index in [2.05, 4.69) is 40.8 Å². The fourth-order valence-electron chi connectivity index (χ4n) is 4.00. The number of ether oxygens (including phenoxy) is 1. The van der Waals surface area contributed by atoms with Crippen molar-refractivity contribution in [2.45, 2.75) is 46.7 Å². The van der Waals surface area contributed by atoms with Crippen molar-refractivity contribution in [3.8, 4) is 5.75 Å². The van der Waals surface area contributed by atoms with Crippen LogP contribution in [-0.2, 0) is 6.54 Å². The predicted octanol–water partition coefficient (Wildman–Crippen LogP) is 2.79. The van der Waals surface area contributed by atoms with Gasteiger partial charge in [-0.15, -0.1) is 0 Å². The molecule has 0 amide bonds. The van der Waals surface area contributed by atoms with Crippen molar-refractivity contribution in [3.05, 3.63) is 46.4 Å². The van der Waals surface area contributed by atoms with Crippen LogP contribution in [0.1, 0.15) is 34.5 Å². The van der Waals surface area contributed by atoms with Crippen LogP contribution in [0.2, 0.25) is 0 Å². The molecular weight excluding hydrogens is 352 g/mol. The van der Waals surface area contributed by atoms with E-state index in [-0.39, 0.29) is 12.6 Å². The SMILES string of the molecule is COc1ccc(CN2CCN(c3nc(C)cnc3C)C[C@H]2CCO)c(C)c1C. The number of piperazine rings is 1.